The summed E-state index contributed by atoms with van der Waals surface area (Å²) in [7, 11) is -4.71. The minimum atomic E-state index is -4.71. The molecule has 0 aromatic carbocycles. The predicted octanol–water partition coefficient (Wildman–Crippen LogP) is -1.47. The summed E-state index contributed by atoms with van der Waals surface area (Å²) in [6.45, 7) is -0.487. The number of hydrogen-bond donors (Lipinski definition) is 3. The van der Waals surface area contributed by atoms with Crippen LogP contribution in [0.1, 0.15) is 0 Å². The Morgan fingerprint density at radius 3 is 2.60 bits per heavy atom. The zero-order valence-electron chi connectivity index (χ0n) is 7.23. The number of ether oxygens (including phenoxy) is 1. The first-order valence-electron chi connectivity index (χ1n) is 3.71. The van der Waals surface area contributed by atoms with Gasteiger partial charge >= 0.3 is 16.4 Å². The average molecular weight is 240 g/mol. The molecule has 1 aliphatic heterocycles. The van der Waals surface area contributed by atoms with E-state index in [9.17, 15) is 18.3 Å². The van der Waals surface area contributed by atoms with Crippen LogP contribution < -0.4 is 0 Å². The van der Waals surface area contributed by atoms with Gasteiger partial charge in [0, 0.05) is 0 Å². The minimum absolute atomic E-state index is 0.487. The maximum atomic E-state index is 10.4. The van der Waals surface area contributed by atoms with Gasteiger partial charge in [-0.2, -0.15) is 8.42 Å². The van der Waals surface area contributed by atoms with E-state index in [0.29, 0.717) is 0 Å². The number of carboxylic acids is 1. The van der Waals surface area contributed by atoms with Crippen molar-refractivity contribution in [2.24, 2.45) is 0 Å². The van der Waals surface area contributed by atoms with Crippen molar-refractivity contribution in [3.05, 3.63) is 11.8 Å². The topological polar surface area (TPSA) is 130 Å². The van der Waals surface area contributed by atoms with Gasteiger partial charge in [-0.25, -0.2) is 8.98 Å². The van der Waals surface area contributed by atoms with E-state index in [0.717, 1.165) is 6.08 Å². The third-order valence-electron chi connectivity index (χ3n) is 1.56. The highest BCUT2D eigenvalue weighted by molar-refractivity contribution is 7.80. The van der Waals surface area contributed by atoms with Crippen LogP contribution in [0, 0.1) is 0 Å². The van der Waals surface area contributed by atoms with Gasteiger partial charge in [-0.3, -0.25) is 4.55 Å². The highest BCUT2D eigenvalue weighted by Crippen LogP contribution is 2.15. The van der Waals surface area contributed by atoms with Crippen molar-refractivity contribution in [3.63, 3.8) is 0 Å². The average Bonchev–Trinajstić information content (AvgIpc) is 2.05. The molecule has 2 atom stereocenters. The molecule has 0 amide bonds. The molecule has 0 spiro atoms. The molecule has 86 valence electrons. The fraction of sp³-hybridized carbons (Fsp3) is 0.500. The molecular formula is C6H8O8S. The molecule has 0 aromatic heterocycles. The molecule has 1 heterocycles. The van der Waals surface area contributed by atoms with Crippen LogP contribution in [0.25, 0.3) is 0 Å². The van der Waals surface area contributed by atoms with Crippen LogP contribution >= 0.6 is 0 Å². The zero-order valence-corrected chi connectivity index (χ0v) is 8.05. The first kappa shape index (κ1) is 11.9. The van der Waals surface area contributed by atoms with Gasteiger partial charge in [-0.05, 0) is 6.08 Å². The van der Waals surface area contributed by atoms with E-state index >= 15 is 0 Å². The Balaban J connectivity index is 2.73. The van der Waals surface area contributed by atoms with Crippen molar-refractivity contribution in [3.8, 4) is 0 Å². The molecule has 8 nitrogen and oxygen atoms in total. The highest BCUT2D eigenvalue weighted by atomic mass is 32.3. The van der Waals surface area contributed by atoms with Gasteiger partial charge in [0.15, 0.2) is 0 Å². The van der Waals surface area contributed by atoms with Crippen molar-refractivity contribution in [1.29, 1.82) is 0 Å². The molecule has 1 rings (SSSR count). The maximum absolute atomic E-state index is 10.4. The van der Waals surface area contributed by atoms with Crippen molar-refractivity contribution >= 4 is 16.4 Å². The quantitative estimate of drug-likeness (QED) is 0.510. The van der Waals surface area contributed by atoms with E-state index in [1.807, 2.05) is 0 Å². The predicted molar refractivity (Wildman–Crippen MR) is 44.1 cm³/mol. The highest BCUT2D eigenvalue weighted by Gasteiger charge is 2.31. The lowest BCUT2D eigenvalue weighted by molar-refractivity contribution is -0.138. The summed E-state index contributed by atoms with van der Waals surface area (Å²) in [5.41, 5.74) is 0. The van der Waals surface area contributed by atoms with Gasteiger partial charge in [-0.1, -0.05) is 0 Å². The van der Waals surface area contributed by atoms with Gasteiger partial charge in [0.2, 0.25) is 5.76 Å². The van der Waals surface area contributed by atoms with Crippen LogP contribution in [0.15, 0.2) is 11.8 Å². The lowest BCUT2D eigenvalue weighted by Gasteiger charge is -2.24. The second kappa shape index (κ2) is 4.14. The summed E-state index contributed by atoms with van der Waals surface area (Å²) in [5, 5.41) is 17.7. The van der Waals surface area contributed by atoms with Crippen molar-refractivity contribution in [2.45, 2.75) is 12.2 Å². The van der Waals surface area contributed by atoms with Crippen molar-refractivity contribution < 1.29 is 36.9 Å². The first-order valence-corrected chi connectivity index (χ1v) is 5.08. The van der Waals surface area contributed by atoms with E-state index in [4.69, 9.17) is 9.66 Å². The third kappa shape index (κ3) is 3.47. The van der Waals surface area contributed by atoms with E-state index in [2.05, 4.69) is 8.92 Å². The third-order valence-corrected chi connectivity index (χ3v) is 2.05. The molecule has 0 saturated heterocycles. The van der Waals surface area contributed by atoms with Crippen molar-refractivity contribution in [1.82, 2.24) is 0 Å². The number of hydrogen-bond acceptors (Lipinski definition) is 6. The fourth-order valence-corrected chi connectivity index (χ4v) is 1.44. The summed E-state index contributed by atoms with van der Waals surface area (Å²) in [6.07, 6.45) is -2.06. The lowest BCUT2D eigenvalue weighted by Crippen LogP contribution is -2.38. The molecule has 15 heavy (non-hydrogen) atoms. The molecule has 0 aliphatic carbocycles. The largest absolute Gasteiger partial charge is 0.484 e. The molecule has 0 saturated carbocycles. The van der Waals surface area contributed by atoms with Gasteiger partial charge in [-0.15, -0.1) is 0 Å². The zero-order chi connectivity index (χ0) is 11.6. The smallest absolute Gasteiger partial charge is 0.397 e. The second-order valence-electron chi connectivity index (χ2n) is 2.70. The molecule has 3 N–H and O–H groups in total. The summed E-state index contributed by atoms with van der Waals surface area (Å²) in [6, 6.07) is 0. The SMILES string of the molecule is O=C(O)C1=C[C@H](O)[C@@H](OS(=O)(=O)O)CO1. The Hall–Kier alpha value is -1.16. The van der Waals surface area contributed by atoms with Crippen LogP contribution in [0.4, 0.5) is 0 Å². The van der Waals surface area contributed by atoms with Gasteiger partial charge in [0.25, 0.3) is 0 Å². The standard InChI is InChI=1S/C6H8O8S/c7-3-1-4(6(8)9)13-2-5(3)14-15(10,11)12/h1,3,5,7H,2H2,(H,8,9)(H,10,11,12)/t3-,5-/m0/s1. The monoisotopic (exact) mass is 240 g/mol. The Morgan fingerprint density at radius 2 is 2.20 bits per heavy atom. The molecule has 0 radical (unpaired) electrons. The summed E-state index contributed by atoms with van der Waals surface area (Å²) >= 11 is 0. The lowest BCUT2D eigenvalue weighted by atomic mass is 10.1. The molecule has 0 aromatic rings. The van der Waals surface area contributed by atoms with Gasteiger partial charge in [0.1, 0.15) is 18.8 Å². The number of carbonyl (C=O) groups is 1. The van der Waals surface area contributed by atoms with E-state index in [1.165, 1.54) is 0 Å². The fourth-order valence-electron chi connectivity index (χ4n) is 0.955. The molecule has 0 bridgehead atoms. The number of rotatable bonds is 3. The Kier molecular flexibility index (Phi) is 3.29. The minimum Gasteiger partial charge on any atom is -0.484 e. The van der Waals surface area contributed by atoms with Gasteiger partial charge < -0.3 is 14.9 Å². The summed E-state index contributed by atoms with van der Waals surface area (Å²) in [5.74, 6) is -1.89. The van der Waals surface area contributed by atoms with E-state index in [1.54, 1.807) is 0 Å². The van der Waals surface area contributed by atoms with E-state index < -0.39 is 40.9 Å². The van der Waals surface area contributed by atoms with Crippen LogP contribution in [0.2, 0.25) is 0 Å². The van der Waals surface area contributed by atoms with Crippen molar-refractivity contribution in [2.75, 3.05) is 6.61 Å². The molecular weight excluding hydrogens is 232 g/mol. The van der Waals surface area contributed by atoms with Crippen LogP contribution in [0.5, 0.6) is 0 Å². The second-order valence-corrected chi connectivity index (χ2v) is 3.75. The first-order chi connectivity index (χ1) is 6.79. The number of aliphatic hydroxyl groups excluding tert-OH is 1. The summed E-state index contributed by atoms with van der Waals surface area (Å²) < 4.78 is 37.5. The number of aliphatic hydroxyl groups is 1. The summed E-state index contributed by atoms with van der Waals surface area (Å²) in [4.78, 5) is 10.4. The number of carboxylic acid groups (broad SMARTS) is 1. The van der Waals surface area contributed by atoms with Crippen LogP contribution in [0.3, 0.4) is 0 Å². The Labute approximate surface area is 84.7 Å². The molecule has 0 unspecified atom stereocenters. The molecule has 1 aliphatic rings. The van der Waals surface area contributed by atoms with Gasteiger partial charge in [0.05, 0.1) is 0 Å². The normalized spacial score (nSPS) is 26.7. The van der Waals surface area contributed by atoms with Crippen LogP contribution in [-0.2, 0) is 24.1 Å². The van der Waals surface area contributed by atoms with E-state index in [-0.39, 0.29) is 0 Å². The van der Waals surface area contributed by atoms with Crippen LogP contribution in [-0.4, -0.2) is 48.0 Å². The number of aliphatic carboxylic acids is 1. The Morgan fingerprint density at radius 1 is 1.60 bits per heavy atom. The molecule has 9 heteroatoms. The Bertz CT molecular complexity index is 382. The maximum Gasteiger partial charge on any atom is 0.397 e. The molecule has 0 fully saturated rings.